The summed E-state index contributed by atoms with van der Waals surface area (Å²) in [4.78, 5) is 15.9. The third-order valence-corrected chi connectivity index (χ3v) is 4.66. The van der Waals surface area contributed by atoms with Gasteiger partial charge in [0.1, 0.15) is 6.04 Å². The van der Waals surface area contributed by atoms with Gasteiger partial charge in [-0.15, -0.1) is 0 Å². The molecule has 0 radical (unpaired) electrons. The summed E-state index contributed by atoms with van der Waals surface area (Å²) in [6.45, 7) is 7.78. The van der Waals surface area contributed by atoms with Crippen LogP contribution in [0.2, 0.25) is 0 Å². The standard InChI is InChI=1S/C18H23N7O/c1-4-9-24-11-14(12(2)22-24)15-7-8-19-18(21-15)25-10-5-6-16(25)17-20-13(3)23-26-17/h7-8,11,16H,4-6,9-10H2,1-3H3/t16-/m1/s1. The molecule has 4 rings (SSSR count). The molecule has 0 bridgehead atoms. The second-order valence-corrected chi connectivity index (χ2v) is 6.66. The molecule has 0 spiro atoms. The lowest BCUT2D eigenvalue weighted by molar-refractivity contribution is 0.351. The van der Waals surface area contributed by atoms with Crippen LogP contribution in [0.5, 0.6) is 0 Å². The Hall–Kier alpha value is -2.77. The van der Waals surface area contributed by atoms with E-state index in [0.717, 1.165) is 49.3 Å². The van der Waals surface area contributed by atoms with E-state index in [0.29, 0.717) is 17.7 Å². The van der Waals surface area contributed by atoms with Gasteiger partial charge in [-0.05, 0) is 39.2 Å². The van der Waals surface area contributed by atoms with Crippen molar-refractivity contribution in [2.45, 2.75) is 52.6 Å². The van der Waals surface area contributed by atoms with E-state index in [-0.39, 0.29) is 6.04 Å². The summed E-state index contributed by atoms with van der Waals surface area (Å²) < 4.78 is 7.37. The van der Waals surface area contributed by atoms with Crippen LogP contribution in [-0.4, -0.2) is 36.4 Å². The van der Waals surface area contributed by atoms with Crippen LogP contribution < -0.4 is 4.90 Å². The zero-order valence-electron chi connectivity index (χ0n) is 15.4. The fourth-order valence-electron chi connectivity index (χ4n) is 3.46. The number of nitrogens with zero attached hydrogens (tertiary/aromatic N) is 7. The van der Waals surface area contributed by atoms with Gasteiger partial charge >= 0.3 is 0 Å². The Morgan fingerprint density at radius 2 is 2.15 bits per heavy atom. The summed E-state index contributed by atoms with van der Waals surface area (Å²) in [5.74, 6) is 1.99. The van der Waals surface area contributed by atoms with Crippen molar-refractivity contribution in [2.75, 3.05) is 11.4 Å². The Labute approximate surface area is 152 Å². The van der Waals surface area contributed by atoms with E-state index in [2.05, 4.69) is 38.2 Å². The molecule has 0 aromatic carbocycles. The average Bonchev–Trinajstić information content (AvgIpc) is 3.35. The average molecular weight is 353 g/mol. The van der Waals surface area contributed by atoms with E-state index in [1.54, 1.807) is 0 Å². The number of hydrogen-bond donors (Lipinski definition) is 0. The molecule has 1 atom stereocenters. The van der Waals surface area contributed by atoms with Crippen LogP contribution in [0.1, 0.15) is 49.6 Å². The van der Waals surface area contributed by atoms with Crippen molar-refractivity contribution in [3.8, 4) is 11.3 Å². The molecule has 136 valence electrons. The minimum absolute atomic E-state index is 0.0374. The minimum atomic E-state index is 0.0374. The van der Waals surface area contributed by atoms with Crippen molar-refractivity contribution >= 4 is 5.95 Å². The maximum atomic E-state index is 5.39. The lowest BCUT2D eigenvalue weighted by atomic mass is 10.2. The van der Waals surface area contributed by atoms with E-state index in [1.165, 1.54) is 0 Å². The Kier molecular flexibility index (Phi) is 4.40. The fourth-order valence-corrected chi connectivity index (χ4v) is 3.46. The zero-order chi connectivity index (χ0) is 18.1. The normalized spacial score (nSPS) is 17.2. The monoisotopic (exact) mass is 353 g/mol. The molecule has 0 N–H and O–H groups in total. The Morgan fingerprint density at radius 3 is 2.92 bits per heavy atom. The molecule has 3 aromatic rings. The third kappa shape index (κ3) is 3.07. The summed E-state index contributed by atoms with van der Waals surface area (Å²) in [5.41, 5.74) is 2.92. The van der Waals surface area contributed by atoms with Gasteiger partial charge in [0.25, 0.3) is 0 Å². The summed E-state index contributed by atoms with van der Waals surface area (Å²) >= 11 is 0. The third-order valence-electron chi connectivity index (χ3n) is 4.66. The number of aromatic nitrogens is 6. The van der Waals surface area contributed by atoms with Gasteiger partial charge < -0.3 is 9.42 Å². The molecule has 0 aliphatic carbocycles. The van der Waals surface area contributed by atoms with Crippen molar-refractivity contribution in [3.05, 3.63) is 35.9 Å². The summed E-state index contributed by atoms with van der Waals surface area (Å²) in [6, 6.07) is 1.97. The lowest BCUT2D eigenvalue weighted by Crippen LogP contribution is -2.25. The molecular formula is C18H23N7O. The van der Waals surface area contributed by atoms with Crippen LogP contribution in [-0.2, 0) is 6.54 Å². The van der Waals surface area contributed by atoms with Crippen molar-refractivity contribution in [3.63, 3.8) is 0 Å². The highest BCUT2D eigenvalue weighted by Crippen LogP contribution is 2.34. The predicted molar refractivity (Wildman–Crippen MR) is 96.6 cm³/mol. The predicted octanol–water partition coefficient (Wildman–Crippen LogP) is 3.09. The summed E-state index contributed by atoms with van der Waals surface area (Å²) in [7, 11) is 0. The van der Waals surface area contributed by atoms with Crippen LogP contribution in [0.15, 0.2) is 23.0 Å². The minimum Gasteiger partial charge on any atom is -0.337 e. The molecule has 0 saturated carbocycles. The molecule has 1 saturated heterocycles. The first-order chi connectivity index (χ1) is 12.7. The Morgan fingerprint density at radius 1 is 1.27 bits per heavy atom. The van der Waals surface area contributed by atoms with Gasteiger partial charge in [-0.3, -0.25) is 4.68 Å². The van der Waals surface area contributed by atoms with Crippen LogP contribution in [0.3, 0.4) is 0 Å². The highest BCUT2D eigenvalue weighted by molar-refractivity contribution is 5.62. The molecule has 8 heteroatoms. The molecule has 26 heavy (non-hydrogen) atoms. The molecule has 8 nitrogen and oxygen atoms in total. The molecule has 1 aliphatic heterocycles. The van der Waals surface area contributed by atoms with E-state index >= 15 is 0 Å². The SMILES string of the molecule is CCCn1cc(-c2ccnc(N3CCC[C@@H]3c3nc(C)no3)n2)c(C)n1. The van der Waals surface area contributed by atoms with Crippen LogP contribution in [0.25, 0.3) is 11.3 Å². The van der Waals surface area contributed by atoms with Gasteiger partial charge in [0.15, 0.2) is 5.82 Å². The van der Waals surface area contributed by atoms with Crippen LogP contribution in [0.4, 0.5) is 5.95 Å². The fraction of sp³-hybridized carbons (Fsp3) is 0.500. The van der Waals surface area contributed by atoms with Gasteiger partial charge in [0.2, 0.25) is 11.8 Å². The lowest BCUT2D eigenvalue weighted by Gasteiger charge is -2.21. The van der Waals surface area contributed by atoms with Gasteiger partial charge in [-0.25, -0.2) is 9.97 Å². The Balaban J connectivity index is 1.65. The van der Waals surface area contributed by atoms with Gasteiger partial charge in [0.05, 0.1) is 11.4 Å². The van der Waals surface area contributed by atoms with Gasteiger partial charge in [0, 0.05) is 31.0 Å². The first kappa shape index (κ1) is 16.7. The van der Waals surface area contributed by atoms with Crippen LogP contribution in [0, 0.1) is 13.8 Å². The molecule has 1 fully saturated rings. The van der Waals surface area contributed by atoms with E-state index in [9.17, 15) is 0 Å². The van der Waals surface area contributed by atoms with Crippen molar-refractivity contribution in [2.24, 2.45) is 0 Å². The van der Waals surface area contributed by atoms with Crippen molar-refractivity contribution in [1.82, 2.24) is 29.9 Å². The quantitative estimate of drug-likeness (QED) is 0.696. The van der Waals surface area contributed by atoms with Crippen molar-refractivity contribution in [1.29, 1.82) is 0 Å². The molecule has 0 amide bonds. The molecular weight excluding hydrogens is 330 g/mol. The maximum Gasteiger partial charge on any atom is 0.249 e. The van der Waals surface area contributed by atoms with E-state index < -0.39 is 0 Å². The first-order valence-electron chi connectivity index (χ1n) is 9.10. The highest BCUT2D eigenvalue weighted by Gasteiger charge is 2.32. The number of hydrogen-bond acceptors (Lipinski definition) is 7. The van der Waals surface area contributed by atoms with E-state index in [4.69, 9.17) is 9.51 Å². The highest BCUT2D eigenvalue weighted by atomic mass is 16.5. The van der Waals surface area contributed by atoms with Crippen molar-refractivity contribution < 1.29 is 4.52 Å². The second-order valence-electron chi connectivity index (χ2n) is 6.66. The topological polar surface area (TPSA) is 85.8 Å². The molecule has 3 aromatic heterocycles. The molecule has 1 aliphatic rings. The number of anilines is 1. The molecule has 4 heterocycles. The number of rotatable bonds is 5. The smallest absolute Gasteiger partial charge is 0.249 e. The van der Waals surface area contributed by atoms with Gasteiger partial charge in [-0.1, -0.05) is 12.1 Å². The summed E-state index contributed by atoms with van der Waals surface area (Å²) in [6.07, 6.45) is 6.93. The summed E-state index contributed by atoms with van der Waals surface area (Å²) in [5, 5.41) is 8.50. The van der Waals surface area contributed by atoms with Crippen LogP contribution >= 0.6 is 0 Å². The Bertz CT molecular complexity index is 901. The van der Waals surface area contributed by atoms with Gasteiger partial charge in [-0.2, -0.15) is 10.1 Å². The zero-order valence-corrected chi connectivity index (χ0v) is 15.4. The largest absolute Gasteiger partial charge is 0.337 e. The number of aryl methyl sites for hydroxylation is 3. The second kappa shape index (κ2) is 6.86. The maximum absolute atomic E-state index is 5.39. The first-order valence-corrected chi connectivity index (χ1v) is 9.10. The molecule has 0 unspecified atom stereocenters. The van der Waals surface area contributed by atoms with E-state index in [1.807, 2.05) is 30.8 Å².